The lowest BCUT2D eigenvalue weighted by molar-refractivity contribution is 0.100. The predicted octanol–water partition coefficient (Wildman–Crippen LogP) is 2.90. The van der Waals surface area contributed by atoms with Gasteiger partial charge in [0.1, 0.15) is 0 Å². The van der Waals surface area contributed by atoms with E-state index in [0.717, 1.165) is 0 Å². The summed E-state index contributed by atoms with van der Waals surface area (Å²) in [6.45, 7) is 0. The molecule has 0 bridgehead atoms. The molecule has 0 aliphatic rings. The SMILES string of the molecule is NC(=O)c1ccc(O[P+](=O)Oc2ccccc2)cc1. The van der Waals surface area contributed by atoms with Gasteiger partial charge in [0.25, 0.3) is 0 Å². The Hall–Kier alpha value is -2.39. The van der Waals surface area contributed by atoms with Crippen LogP contribution in [0.5, 0.6) is 11.5 Å². The average Bonchev–Trinajstić information content (AvgIpc) is 2.40. The molecule has 1 atom stereocenters. The monoisotopic (exact) mass is 276 g/mol. The molecule has 19 heavy (non-hydrogen) atoms. The van der Waals surface area contributed by atoms with E-state index >= 15 is 0 Å². The van der Waals surface area contributed by atoms with Gasteiger partial charge in [0.15, 0.2) is 11.5 Å². The van der Waals surface area contributed by atoms with Gasteiger partial charge in [-0.15, -0.1) is 0 Å². The maximum atomic E-state index is 11.6. The molecule has 0 fully saturated rings. The lowest BCUT2D eigenvalue weighted by Gasteiger charge is -1.96. The Bertz CT molecular complexity index is 583. The third-order valence-electron chi connectivity index (χ3n) is 2.24. The summed E-state index contributed by atoms with van der Waals surface area (Å²) >= 11 is 0. The summed E-state index contributed by atoms with van der Waals surface area (Å²) in [4.78, 5) is 10.9. The van der Waals surface area contributed by atoms with Crippen LogP contribution in [0.25, 0.3) is 0 Å². The summed E-state index contributed by atoms with van der Waals surface area (Å²) in [7, 11) is -2.32. The topological polar surface area (TPSA) is 78.6 Å². The minimum atomic E-state index is -2.32. The number of carbonyl (C=O) groups is 1. The molecular formula is C13H11NO4P+. The highest BCUT2D eigenvalue weighted by Crippen LogP contribution is 2.30. The van der Waals surface area contributed by atoms with Gasteiger partial charge < -0.3 is 5.73 Å². The summed E-state index contributed by atoms with van der Waals surface area (Å²) in [5, 5.41) is 0. The fourth-order valence-electron chi connectivity index (χ4n) is 1.35. The van der Waals surface area contributed by atoms with Gasteiger partial charge in [0.05, 0.1) is 0 Å². The molecule has 1 amide bonds. The van der Waals surface area contributed by atoms with Crippen molar-refractivity contribution in [1.29, 1.82) is 0 Å². The highest BCUT2D eigenvalue weighted by molar-refractivity contribution is 7.34. The zero-order valence-electron chi connectivity index (χ0n) is 9.85. The number of primary amides is 1. The van der Waals surface area contributed by atoms with Crippen molar-refractivity contribution in [2.75, 3.05) is 0 Å². The summed E-state index contributed by atoms with van der Waals surface area (Å²) < 4.78 is 21.8. The molecule has 0 spiro atoms. The van der Waals surface area contributed by atoms with Gasteiger partial charge in [-0.1, -0.05) is 18.2 Å². The fourth-order valence-corrected chi connectivity index (χ4v) is 1.98. The first-order valence-electron chi connectivity index (χ1n) is 5.43. The Kier molecular flexibility index (Phi) is 4.11. The van der Waals surface area contributed by atoms with Crippen molar-refractivity contribution in [3.8, 4) is 11.5 Å². The largest absolute Gasteiger partial charge is 0.805 e. The Morgan fingerprint density at radius 1 is 0.895 bits per heavy atom. The van der Waals surface area contributed by atoms with Crippen molar-refractivity contribution in [1.82, 2.24) is 0 Å². The minimum Gasteiger partial charge on any atom is -0.366 e. The Morgan fingerprint density at radius 2 is 1.42 bits per heavy atom. The van der Waals surface area contributed by atoms with Crippen molar-refractivity contribution >= 4 is 14.2 Å². The Morgan fingerprint density at radius 3 is 1.95 bits per heavy atom. The van der Waals surface area contributed by atoms with Crippen molar-refractivity contribution in [2.45, 2.75) is 0 Å². The second-order valence-electron chi connectivity index (χ2n) is 3.61. The van der Waals surface area contributed by atoms with Gasteiger partial charge >= 0.3 is 8.25 Å². The lowest BCUT2D eigenvalue weighted by atomic mass is 10.2. The van der Waals surface area contributed by atoms with Crippen LogP contribution in [0.4, 0.5) is 0 Å². The van der Waals surface area contributed by atoms with Crippen LogP contribution in [0.15, 0.2) is 54.6 Å². The van der Waals surface area contributed by atoms with E-state index in [0.29, 0.717) is 17.1 Å². The van der Waals surface area contributed by atoms with Crippen molar-refractivity contribution in [2.24, 2.45) is 5.73 Å². The molecule has 0 heterocycles. The first kappa shape index (κ1) is 13.1. The number of carbonyl (C=O) groups excluding carboxylic acids is 1. The molecule has 1 unspecified atom stereocenters. The van der Waals surface area contributed by atoms with E-state index < -0.39 is 14.2 Å². The zero-order valence-corrected chi connectivity index (χ0v) is 10.7. The number of benzene rings is 2. The summed E-state index contributed by atoms with van der Waals surface area (Å²) in [6, 6.07) is 14.7. The van der Waals surface area contributed by atoms with Crippen molar-refractivity contribution in [3.63, 3.8) is 0 Å². The third kappa shape index (κ3) is 3.79. The highest BCUT2D eigenvalue weighted by Gasteiger charge is 2.23. The van der Waals surface area contributed by atoms with E-state index in [-0.39, 0.29) is 0 Å². The second kappa shape index (κ2) is 5.98. The van der Waals surface area contributed by atoms with E-state index in [1.54, 1.807) is 24.3 Å². The fraction of sp³-hybridized carbons (Fsp3) is 0. The molecule has 0 aliphatic heterocycles. The van der Waals surface area contributed by atoms with Gasteiger partial charge in [-0.05, 0) is 36.4 Å². The first-order chi connectivity index (χ1) is 9.15. The molecule has 2 aromatic rings. The smallest absolute Gasteiger partial charge is 0.366 e. The zero-order chi connectivity index (χ0) is 13.7. The van der Waals surface area contributed by atoms with Crippen LogP contribution >= 0.6 is 8.25 Å². The minimum absolute atomic E-state index is 0.335. The van der Waals surface area contributed by atoms with Crippen LogP contribution in [0, 0.1) is 0 Å². The van der Waals surface area contributed by atoms with Gasteiger partial charge in [-0.2, -0.15) is 0 Å². The van der Waals surface area contributed by atoms with E-state index in [1.807, 2.05) is 6.07 Å². The highest BCUT2D eigenvalue weighted by atomic mass is 31.1. The van der Waals surface area contributed by atoms with Crippen molar-refractivity contribution < 1.29 is 18.4 Å². The average molecular weight is 276 g/mol. The third-order valence-corrected chi connectivity index (χ3v) is 2.96. The summed E-state index contributed by atoms with van der Waals surface area (Å²) in [6.07, 6.45) is 0. The van der Waals surface area contributed by atoms with Crippen LogP contribution < -0.4 is 14.8 Å². The standard InChI is InChI=1S/C13H10NO4P/c14-13(15)10-6-8-12(9-7-10)18-19(16)17-11-4-2-1-3-5-11/h1-9H,(H-,14,15)/p+1. The second-order valence-corrected chi connectivity index (χ2v) is 4.42. The Labute approximate surface area is 110 Å². The van der Waals surface area contributed by atoms with E-state index in [9.17, 15) is 9.36 Å². The molecular weight excluding hydrogens is 265 g/mol. The van der Waals surface area contributed by atoms with Gasteiger partial charge in [0.2, 0.25) is 5.91 Å². The van der Waals surface area contributed by atoms with Crippen LogP contribution in [-0.2, 0) is 4.57 Å². The quantitative estimate of drug-likeness (QED) is 0.851. The lowest BCUT2D eigenvalue weighted by Crippen LogP contribution is -2.10. The van der Waals surface area contributed by atoms with Crippen LogP contribution in [-0.4, -0.2) is 5.91 Å². The number of hydrogen-bond acceptors (Lipinski definition) is 4. The number of nitrogens with two attached hydrogens (primary N) is 1. The molecule has 0 saturated carbocycles. The van der Waals surface area contributed by atoms with E-state index in [2.05, 4.69) is 0 Å². The molecule has 2 N–H and O–H groups in total. The number of hydrogen-bond donors (Lipinski definition) is 1. The normalized spacial score (nSPS) is 10.6. The molecule has 0 aliphatic carbocycles. The molecule has 0 radical (unpaired) electrons. The molecule has 0 saturated heterocycles. The Balaban J connectivity index is 1.97. The van der Waals surface area contributed by atoms with Crippen LogP contribution in [0.2, 0.25) is 0 Å². The molecule has 5 nitrogen and oxygen atoms in total. The first-order valence-corrected chi connectivity index (χ1v) is 6.53. The van der Waals surface area contributed by atoms with Crippen molar-refractivity contribution in [3.05, 3.63) is 60.2 Å². The molecule has 2 aromatic carbocycles. The number of rotatable bonds is 5. The predicted molar refractivity (Wildman–Crippen MR) is 70.3 cm³/mol. The van der Waals surface area contributed by atoms with E-state index in [4.69, 9.17) is 14.8 Å². The van der Waals surface area contributed by atoms with E-state index in [1.165, 1.54) is 24.3 Å². The number of para-hydroxylation sites is 1. The maximum Gasteiger partial charge on any atom is 0.805 e. The molecule has 6 heteroatoms. The van der Waals surface area contributed by atoms with Gasteiger partial charge in [-0.25, -0.2) is 9.05 Å². The molecule has 0 aromatic heterocycles. The molecule has 2 rings (SSSR count). The van der Waals surface area contributed by atoms with Gasteiger partial charge in [0, 0.05) is 10.1 Å². The van der Waals surface area contributed by atoms with Gasteiger partial charge in [-0.3, -0.25) is 4.79 Å². The number of amides is 1. The van der Waals surface area contributed by atoms with Crippen LogP contribution in [0.1, 0.15) is 10.4 Å². The summed E-state index contributed by atoms with van der Waals surface area (Å²) in [5.41, 5.74) is 5.46. The molecule has 96 valence electrons. The van der Waals surface area contributed by atoms with Crippen LogP contribution in [0.3, 0.4) is 0 Å². The maximum absolute atomic E-state index is 11.6. The summed E-state index contributed by atoms with van der Waals surface area (Å²) in [5.74, 6) is 0.260.